The molecule has 0 spiro atoms. The molecule has 0 radical (unpaired) electrons. The maximum atomic E-state index is 13.7. The highest BCUT2D eigenvalue weighted by molar-refractivity contribution is 6.42. The summed E-state index contributed by atoms with van der Waals surface area (Å²) >= 11 is 0. The Labute approximate surface area is 243 Å². The van der Waals surface area contributed by atoms with E-state index in [-0.39, 0.29) is 6.04 Å². The number of alkyl halides is 3. The summed E-state index contributed by atoms with van der Waals surface area (Å²) in [6.45, 7) is 2.82. The molecule has 0 bridgehead atoms. The maximum Gasteiger partial charge on any atom is 0.405 e. The fraction of sp³-hybridized carbons (Fsp3) is 0.364. The molecule has 1 fully saturated rings. The second-order valence-electron chi connectivity index (χ2n) is 11.1. The lowest BCUT2D eigenvalue weighted by Crippen LogP contribution is -2.55. The molecular weight excluding hydrogens is 543 g/mol. The molecule has 2 amide bonds. The zero-order valence-electron chi connectivity index (χ0n) is 23.5. The molecule has 1 aliphatic carbocycles. The second kappa shape index (κ2) is 12.1. The molecule has 5 rings (SSSR count). The zero-order chi connectivity index (χ0) is 29.9. The van der Waals surface area contributed by atoms with Gasteiger partial charge in [-0.25, -0.2) is 0 Å². The van der Waals surface area contributed by atoms with E-state index >= 15 is 0 Å². The van der Waals surface area contributed by atoms with E-state index in [1.165, 1.54) is 0 Å². The summed E-state index contributed by atoms with van der Waals surface area (Å²) in [5.74, 6) is -1.65. The van der Waals surface area contributed by atoms with Gasteiger partial charge in [0.1, 0.15) is 12.0 Å². The van der Waals surface area contributed by atoms with Gasteiger partial charge < -0.3 is 10.2 Å². The van der Waals surface area contributed by atoms with Crippen LogP contribution in [-0.2, 0) is 15.0 Å². The van der Waals surface area contributed by atoms with E-state index in [2.05, 4.69) is 10.2 Å². The van der Waals surface area contributed by atoms with Crippen LogP contribution >= 0.6 is 0 Å². The van der Waals surface area contributed by atoms with Crippen molar-refractivity contribution >= 4 is 17.6 Å². The molecule has 1 N–H and O–H groups in total. The molecule has 6 nitrogen and oxygen atoms in total. The van der Waals surface area contributed by atoms with Gasteiger partial charge in [-0.2, -0.15) is 13.2 Å². The molecular formula is C33H34F3N3O3. The minimum Gasteiger partial charge on any atom is -0.346 e. The summed E-state index contributed by atoms with van der Waals surface area (Å²) in [4.78, 5) is 43.0. The first-order chi connectivity index (χ1) is 20.1. The van der Waals surface area contributed by atoms with Crippen molar-refractivity contribution in [1.82, 2.24) is 15.1 Å². The average Bonchev–Trinajstić information content (AvgIpc) is 3.28. The number of rotatable bonds is 9. The Morgan fingerprint density at radius 3 is 2.05 bits per heavy atom. The van der Waals surface area contributed by atoms with E-state index in [4.69, 9.17) is 0 Å². The molecule has 1 saturated heterocycles. The van der Waals surface area contributed by atoms with Crippen molar-refractivity contribution < 1.29 is 27.6 Å². The normalized spacial score (nSPS) is 17.8. The smallest absolute Gasteiger partial charge is 0.346 e. The van der Waals surface area contributed by atoms with Gasteiger partial charge in [-0.15, -0.1) is 0 Å². The summed E-state index contributed by atoms with van der Waals surface area (Å²) in [7, 11) is 0. The van der Waals surface area contributed by atoms with Crippen LogP contribution in [0.4, 0.5) is 13.2 Å². The molecule has 3 aromatic rings. The highest BCUT2D eigenvalue weighted by Crippen LogP contribution is 2.51. The zero-order valence-corrected chi connectivity index (χ0v) is 23.5. The van der Waals surface area contributed by atoms with Crippen LogP contribution in [0.2, 0.25) is 0 Å². The van der Waals surface area contributed by atoms with Gasteiger partial charge >= 0.3 is 6.18 Å². The first-order valence-corrected chi connectivity index (χ1v) is 14.3. The van der Waals surface area contributed by atoms with Gasteiger partial charge in [0.2, 0.25) is 11.7 Å². The number of halogens is 3. The third-order valence-electron chi connectivity index (χ3n) is 8.43. The number of benzene rings is 3. The van der Waals surface area contributed by atoms with Crippen LogP contribution in [0, 0.1) is 0 Å². The minimum atomic E-state index is -4.51. The number of hydrogen-bond acceptors (Lipinski definition) is 4. The number of unbranched alkanes of at least 4 members (excludes halogenated alkanes) is 1. The third kappa shape index (κ3) is 5.83. The SMILES string of the molecule is C[C@@H]1CN(C(=O)C(=O)c2ccccc2)CCN1CCCCC1(C(=O)NCC(F)(F)F)c2ccccc2-c2ccccc21. The molecule has 2 aliphatic rings. The van der Waals surface area contributed by atoms with Gasteiger partial charge in [-0.05, 0) is 48.6 Å². The van der Waals surface area contributed by atoms with E-state index < -0.39 is 35.7 Å². The maximum absolute atomic E-state index is 13.7. The summed E-state index contributed by atoms with van der Waals surface area (Å²) in [6.07, 6.45) is -2.82. The summed E-state index contributed by atoms with van der Waals surface area (Å²) < 4.78 is 39.3. The van der Waals surface area contributed by atoms with Crippen LogP contribution in [0.3, 0.4) is 0 Å². The molecule has 1 heterocycles. The molecule has 0 unspecified atom stereocenters. The molecule has 1 aliphatic heterocycles. The average molecular weight is 578 g/mol. The third-order valence-corrected chi connectivity index (χ3v) is 8.43. The number of carbonyl (C=O) groups is 3. The molecule has 220 valence electrons. The predicted octanol–water partition coefficient (Wildman–Crippen LogP) is 5.22. The van der Waals surface area contributed by atoms with Crippen molar-refractivity contribution in [2.45, 2.75) is 43.8 Å². The number of piperazine rings is 1. The van der Waals surface area contributed by atoms with Gasteiger partial charge in [0.05, 0.1) is 0 Å². The lowest BCUT2D eigenvalue weighted by molar-refractivity contribution is -0.141. The van der Waals surface area contributed by atoms with Crippen LogP contribution < -0.4 is 5.32 Å². The highest BCUT2D eigenvalue weighted by Gasteiger charge is 2.49. The van der Waals surface area contributed by atoms with Crippen LogP contribution in [0.15, 0.2) is 78.9 Å². The fourth-order valence-corrected chi connectivity index (χ4v) is 6.36. The largest absolute Gasteiger partial charge is 0.405 e. The first-order valence-electron chi connectivity index (χ1n) is 14.3. The van der Waals surface area contributed by atoms with Gasteiger partial charge in [0.15, 0.2) is 0 Å². The van der Waals surface area contributed by atoms with Crippen molar-refractivity contribution in [3.05, 3.63) is 95.6 Å². The lowest BCUT2D eigenvalue weighted by atomic mass is 9.73. The van der Waals surface area contributed by atoms with E-state index in [9.17, 15) is 27.6 Å². The van der Waals surface area contributed by atoms with Crippen molar-refractivity contribution in [3.8, 4) is 11.1 Å². The monoisotopic (exact) mass is 577 g/mol. The number of nitrogens with zero attached hydrogens (tertiary/aromatic N) is 2. The molecule has 0 aromatic heterocycles. The number of amides is 2. The van der Waals surface area contributed by atoms with E-state index in [0.717, 1.165) is 28.7 Å². The van der Waals surface area contributed by atoms with Crippen molar-refractivity contribution in [2.75, 3.05) is 32.7 Å². The number of carbonyl (C=O) groups excluding carboxylic acids is 3. The molecule has 3 aromatic carbocycles. The van der Waals surface area contributed by atoms with E-state index in [0.29, 0.717) is 44.6 Å². The molecule has 0 saturated carbocycles. The Kier molecular flexibility index (Phi) is 8.50. The molecule has 1 atom stereocenters. The molecule has 42 heavy (non-hydrogen) atoms. The van der Waals surface area contributed by atoms with Gasteiger partial charge in [-0.3, -0.25) is 19.3 Å². The van der Waals surface area contributed by atoms with Crippen LogP contribution in [0.1, 0.15) is 47.7 Å². The van der Waals surface area contributed by atoms with Crippen molar-refractivity contribution in [1.29, 1.82) is 0 Å². The Morgan fingerprint density at radius 2 is 1.45 bits per heavy atom. The Balaban J connectivity index is 1.25. The Hall–Kier alpha value is -3.98. The standard InChI is InChI=1S/C33H34F3N3O3/c1-23-21-39(30(41)29(40)24-11-3-2-4-12-24)20-19-38(23)18-10-9-17-32(31(42)37-22-33(34,35)36)27-15-7-5-13-25(27)26-14-6-8-16-28(26)32/h2-8,11-16,23H,9-10,17-22H2,1H3,(H,37,42)/t23-/m1/s1. The van der Waals surface area contributed by atoms with Crippen LogP contribution in [0.25, 0.3) is 11.1 Å². The molecule has 9 heteroatoms. The minimum absolute atomic E-state index is 0.0308. The Bertz CT molecular complexity index is 1410. The van der Waals surface area contributed by atoms with E-state index in [1.54, 1.807) is 35.2 Å². The van der Waals surface area contributed by atoms with Gasteiger partial charge in [0.25, 0.3) is 5.91 Å². The van der Waals surface area contributed by atoms with Crippen molar-refractivity contribution in [3.63, 3.8) is 0 Å². The highest BCUT2D eigenvalue weighted by atomic mass is 19.4. The van der Waals surface area contributed by atoms with Crippen molar-refractivity contribution in [2.24, 2.45) is 0 Å². The fourth-order valence-electron chi connectivity index (χ4n) is 6.36. The first kappa shape index (κ1) is 29.5. The Morgan fingerprint density at radius 1 is 0.857 bits per heavy atom. The van der Waals surface area contributed by atoms with Crippen LogP contribution in [0.5, 0.6) is 0 Å². The number of nitrogens with one attached hydrogen (secondary N) is 1. The van der Waals surface area contributed by atoms with E-state index in [1.807, 2.05) is 55.5 Å². The van der Waals surface area contributed by atoms with Crippen LogP contribution in [-0.4, -0.2) is 72.3 Å². The topological polar surface area (TPSA) is 69.7 Å². The number of Topliss-reactive ketones (excluding diaryl/α,β-unsaturated/α-hetero) is 1. The summed E-state index contributed by atoms with van der Waals surface area (Å²) in [5.41, 5.74) is 2.36. The second-order valence-corrected chi connectivity index (χ2v) is 11.1. The summed E-state index contributed by atoms with van der Waals surface area (Å²) in [5, 5.41) is 2.18. The quantitative estimate of drug-likeness (QED) is 0.215. The number of hydrogen-bond donors (Lipinski definition) is 1. The predicted molar refractivity (Wildman–Crippen MR) is 154 cm³/mol. The lowest BCUT2D eigenvalue weighted by Gasteiger charge is -2.39. The summed E-state index contributed by atoms with van der Waals surface area (Å²) in [6, 6.07) is 23.5. The number of fused-ring (bicyclic) bond motifs is 3. The van der Waals surface area contributed by atoms with Gasteiger partial charge in [-0.1, -0.05) is 85.3 Å². The number of ketones is 1. The van der Waals surface area contributed by atoms with Gasteiger partial charge in [0, 0.05) is 31.2 Å².